The van der Waals surface area contributed by atoms with E-state index in [0.29, 0.717) is 5.75 Å². The fourth-order valence-corrected chi connectivity index (χ4v) is 0.843. The van der Waals surface area contributed by atoms with Crippen molar-refractivity contribution >= 4 is 0 Å². The zero-order chi connectivity index (χ0) is 9.52. The van der Waals surface area contributed by atoms with Gasteiger partial charge in [0.25, 0.3) is 0 Å². The number of aromatic nitrogens is 2. The lowest BCUT2D eigenvalue weighted by Gasteiger charge is -1.89. The van der Waals surface area contributed by atoms with Crippen molar-refractivity contribution in [3.63, 3.8) is 0 Å². The maximum Gasteiger partial charge on any atom is 0.115 e. The third-order valence-corrected chi connectivity index (χ3v) is 1.41. The van der Waals surface area contributed by atoms with E-state index >= 15 is 0 Å². The molecule has 0 aliphatic rings. The van der Waals surface area contributed by atoms with Crippen LogP contribution in [0.3, 0.4) is 0 Å². The van der Waals surface area contributed by atoms with E-state index in [2.05, 4.69) is 9.97 Å². The molecule has 2 N–H and O–H groups in total. The first-order valence-electron chi connectivity index (χ1n) is 3.97. The summed E-state index contributed by atoms with van der Waals surface area (Å²) in [6.07, 6.45) is 5.08. The van der Waals surface area contributed by atoms with Crippen LogP contribution in [-0.2, 0) is 0 Å². The molecule has 1 aromatic carbocycles. The van der Waals surface area contributed by atoms with Gasteiger partial charge in [-0.2, -0.15) is 0 Å². The molecule has 0 spiro atoms. The van der Waals surface area contributed by atoms with Crippen molar-refractivity contribution in [2.24, 2.45) is 0 Å². The number of rotatable bonds is 0. The Morgan fingerprint density at radius 1 is 1.38 bits per heavy atom. The summed E-state index contributed by atoms with van der Waals surface area (Å²) in [5.74, 6) is 0.338. The highest BCUT2D eigenvalue weighted by Gasteiger charge is 1.83. The van der Waals surface area contributed by atoms with E-state index in [9.17, 15) is 0 Å². The number of hydrogen-bond donors (Lipinski definition) is 2. The Bertz CT molecular complexity index is 296. The second kappa shape index (κ2) is 4.98. The van der Waals surface area contributed by atoms with E-state index in [1.807, 2.05) is 19.1 Å². The van der Waals surface area contributed by atoms with E-state index in [1.165, 1.54) is 0 Å². The fourth-order valence-electron chi connectivity index (χ4n) is 0.843. The van der Waals surface area contributed by atoms with Crippen molar-refractivity contribution in [3.05, 3.63) is 48.5 Å². The second-order valence-corrected chi connectivity index (χ2v) is 2.60. The first kappa shape index (κ1) is 9.32. The summed E-state index contributed by atoms with van der Waals surface area (Å²) >= 11 is 0. The molecule has 0 unspecified atom stereocenters. The van der Waals surface area contributed by atoms with Gasteiger partial charge in [0.2, 0.25) is 0 Å². The number of phenols is 1. The van der Waals surface area contributed by atoms with Gasteiger partial charge in [-0.3, -0.25) is 0 Å². The smallest absolute Gasteiger partial charge is 0.115 e. The van der Waals surface area contributed by atoms with Crippen LogP contribution in [0.5, 0.6) is 5.75 Å². The van der Waals surface area contributed by atoms with Crippen LogP contribution in [0.4, 0.5) is 0 Å². The number of imidazole rings is 1. The highest BCUT2D eigenvalue weighted by molar-refractivity contribution is 5.25. The predicted octanol–water partition coefficient (Wildman–Crippen LogP) is 2.11. The molecule has 13 heavy (non-hydrogen) atoms. The Hall–Kier alpha value is -1.77. The zero-order valence-electron chi connectivity index (χ0n) is 7.44. The number of benzene rings is 1. The molecule has 0 radical (unpaired) electrons. The molecule has 0 saturated heterocycles. The molecular formula is C10H12N2O. The standard InChI is InChI=1S/C7H8O.C3H4N2/c1-6-3-2-4-7(8)5-6;1-2-5-3-4-1/h2-5,8H,1H3;1-3H,(H,4,5). The van der Waals surface area contributed by atoms with Gasteiger partial charge in [-0.1, -0.05) is 12.1 Å². The average molecular weight is 176 g/mol. The van der Waals surface area contributed by atoms with E-state index in [1.54, 1.807) is 30.9 Å². The Labute approximate surface area is 77.1 Å². The van der Waals surface area contributed by atoms with Crippen molar-refractivity contribution in [2.45, 2.75) is 6.92 Å². The molecule has 3 nitrogen and oxygen atoms in total. The lowest BCUT2D eigenvalue weighted by Crippen LogP contribution is -1.66. The maximum atomic E-state index is 8.81. The summed E-state index contributed by atoms with van der Waals surface area (Å²) < 4.78 is 0. The molecule has 0 aliphatic heterocycles. The lowest BCUT2D eigenvalue weighted by molar-refractivity contribution is 0.475. The van der Waals surface area contributed by atoms with E-state index in [4.69, 9.17) is 5.11 Å². The Morgan fingerprint density at radius 3 is 2.54 bits per heavy atom. The average Bonchev–Trinajstić information content (AvgIpc) is 2.59. The number of phenolic OH excluding ortho intramolecular Hbond substituents is 1. The molecular weight excluding hydrogens is 164 g/mol. The summed E-state index contributed by atoms with van der Waals surface area (Å²) in [4.78, 5) is 6.42. The maximum absolute atomic E-state index is 8.81. The van der Waals surface area contributed by atoms with Gasteiger partial charge in [0.05, 0.1) is 6.33 Å². The number of nitrogens with zero attached hydrogens (tertiary/aromatic N) is 1. The minimum Gasteiger partial charge on any atom is -0.508 e. The molecule has 0 atom stereocenters. The van der Waals surface area contributed by atoms with E-state index in [-0.39, 0.29) is 0 Å². The normalized spacial score (nSPS) is 8.69. The predicted molar refractivity (Wildman–Crippen MR) is 51.4 cm³/mol. The molecule has 0 bridgehead atoms. The Balaban J connectivity index is 0.000000145. The van der Waals surface area contributed by atoms with Gasteiger partial charge in [0.15, 0.2) is 0 Å². The summed E-state index contributed by atoms with van der Waals surface area (Å²) in [7, 11) is 0. The van der Waals surface area contributed by atoms with Crippen LogP contribution in [0.2, 0.25) is 0 Å². The molecule has 2 aromatic rings. The monoisotopic (exact) mass is 176 g/mol. The molecule has 0 aliphatic carbocycles. The van der Waals surface area contributed by atoms with Gasteiger partial charge in [0.1, 0.15) is 5.75 Å². The van der Waals surface area contributed by atoms with Crippen LogP contribution < -0.4 is 0 Å². The zero-order valence-corrected chi connectivity index (χ0v) is 7.44. The molecule has 0 amide bonds. The van der Waals surface area contributed by atoms with Crippen molar-refractivity contribution in [3.8, 4) is 5.75 Å². The Kier molecular flexibility index (Phi) is 3.57. The summed E-state index contributed by atoms with van der Waals surface area (Å²) in [6.45, 7) is 1.94. The molecule has 0 fully saturated rings. The van der Waals surface area contributed by atoms with Crippen LogP contribution in [0.25, 0.3) is 0 Å². The van der Waals surface area contributed by atoms with Gasteiger partial charge in [-0.05, 0) is 24.6 Å². The minimum atomic E-state index is 0.338. The topological polar surface area (TPSA) is 48.9 Å². The highest BCUT2D eigenvalue weighted by atomic mass is 16.3. The van der Waals surface area contributed by atoms with Crippen molar-refractivity contribution in [1.29, 1.82) is 0 Å². The van der Waals surface area contributed by atoms with Gasteiger partial charge in [-0.25, -0.2) is 4.98 Å². The van der Waals surface area contributed by atoms with Crippen LogP contribution in [0.1, 0.15) is 5.56 Å². The molecule has 2 rings (SSSR count). The van der Waals surface area contributed by atoms with E-state index < -0.39 is 0 Å². The Morgan fingerprint density at radius 2 is 2.23 bits per heavy atom. The number of aryl methyl sites for hydroxylation is 1. The number of nitrogens with one attached hydrogen (secondary N) is 1. The number of H-pyrrole nitrogens is 1. The first-order valence-corrected chi connectivity index (χ1v) is 3.97. The largest absolute Gasteiger partial charge is 0.508 e. The molecule has 3 heteroatoms. The van der Waals surface area contributed by atoms with Crippen molar-refractivity contribution < 1.29 is 5.11 Å². The van der Waals surface area contributed by atoms with Crippen LogP contribution in [0.15, 0.2) is 43.0 Å². The third-order valence-electron chi connectivity index (χ3n) is 1.41. The van der Waals surface area contributed by atoms with Gasteiger partial charge in [0, 0.05) is 12.4 Å². The van der Waals surface area contributed by atoms with E-state index in [0.717, 1.165) is 5.56 Å². The third kappa shape index (κ3) is 3.96. The van der Waals surface area contributed by atoms with Crippen LogP contribution in [-0.4, -0.2) is 15.1 Å². The number of aromatic amines is 1. The van der Waals surface area contributed by atoms with Gasteiger partial charge >= 0.3 is 0 Å². The second-order valence-electron chi connectivity index (χ2n) is 2.60. The first-order chi connectivity index (χ1) is 6.29. The summed E-state index contributed by atoms with van der Waals surface area (Å²) in [5.41, 5.74) is 1.09. The summed E-state index contributed by atoms with van der Waals surface area (Å²) in [5, 5.41) is 8.81. The van der Waals surface area contributed by atoms with Gasteiger partial charge in [-0.15, -0.1) is 0 Å². The number of hydrogen-bond acceptors (Lipinski definition) is 2. The quantitative estimate of drug-likeness (QED) is 0.645. The minimum absolute atomic E-state index is 0.338. The molecule has 0 saturated carbocycles. The van der Waals surface area contributed by atoms with Crippen molar-refractivity contribution in [1.82, 2.24) is 9.97 Å². The van der Waals surface area contributed by atoms with Gasteiger partial charge < -0.3 is 10.1 Å². The molecule has 1 aromatic heterocycles. The molecule has 1 heterocycles. The SMILES string of the molecule is Cc1cccc(O)c1.c1c[nH]cn1. The lowest BCUT2D eigenvalue weighted by atomic mass is 10.2. The van der Waals surface area contributed by atoms with Crippen LogP contribution in [0, 0.1) is 6.92 Å². The highest BCUT2D eigenvalue weighted by Crippen LogP contribution is 2.08. The summed E-state index contributed by atoms with van der Waals surface area (Å²) in [6, 6.07) is 7.15. The fraction of sp³-hybridized carbons (Fsp3) is 0.100. The van der Waals surface area contributed by atoms with Crippen LogP contribution >= 0.6 is 0 Å². The molecule has 68 valence electrons. The number of aromatic hydroxyl groups is 1. The van der Waals surface area contributed by atoms with Crippen molar-refractivity contribution in [2.75, 3.05) is 0 Å².